The minimum Gasteiger partial charge on any atom is -0.234 e. The van der Waals surface area contributed by atoms with E-state index in [9.17, 15) is 0 Å². The highest BCUT2D eigenvalue weighted by Gasteiger charge is 2.16. The average Bonchev–Trinajstić information content (AvgIpc) is 3.25. The van der Waals surface area contributed by atoms with E-state index in [2.05, 4.69) is 42.3 Å². The van der Waals surface area contributed by atoms with Crippen molar-refractivity contribution in [3.8, 4) is 0 Å². The number of unbranched alkanes of at least 4 members (excludes halogenated alkanes) is 21. The van der Waals surface area contributed by atoms with Crippen molar-refractivity contribution in [2.24, 2.45) is 0 Å². The summed E-state index contributed by atoms with van der Waals surface area (Å²) in [5.74, 6) is 1.60. The molecule has 0 atom stereocenters. The van der Waals surface area contributed by atoms with Crippen molar-refractivity contribution in [1.29, 1.82) is 0 Å². The second-order valence-electron chi connectivity index (χ2n) is 11.3. The molecule has 0 aromatic carbocycles. The van der Waals surface area contributed by atoms with Gasteiger partial charge in [-0.05, 0) is 32.1 Å². The molecule has 0 aliphatic rings. The third kappa shape index (κ3) is 18.2. The Morgan fingerprint density at radius 1 is 0.486 bits per heavy atom. The fraction of sp³-hybridized carbons (Fsp3) is 0.909. The van der Waals surface area contributed by atoms with Crippen LogP contribution in [0.1, 0.15) is 181 Å². The van der Waals surface area contributed by atoms with Crippen LogP contribution < -0.4 is 4.57 Å². The summed E-state index contributed by atoms with van der Waals surface area (Å²) in [6, 6.07) is 0. The molecule has 0 saturated heterocycles. The number of nitrogens with zero attached hydrogens (tertiary/aromatic N) is 2. The smallest absolute Gasteiger partial charge is 0.234 e. The summed E-state index contributed by atoms with van der Waals surface area (Å²) in [4.78, 5) is 0. The Morgan fingerprint density at radius 2 is 0.886 bits per heavy atom. The molecule has 0 aliphatic carbocycles. The van der Waals surface area contributed by atoms with E-state index >= 15 is 0 Å². The van der Waals surface area contributed by atoms with Gasteiger partial charge in [-0.1, -0.05) is 143 Å². The monoisotopic (exact) mass is 490 g/mol. The molecule has 0 saturated carbocycles. The lowest BCUT2D eigenvalue weighted by molar-refractivity contribution is -0.704. The van der Waals surface area contributed by atoms with Gasteiger partial charge in [-0.3, -0.25) is 0 Å². The first-order valence-electron chi connectivity index (χ1n) is 16.4. The van der Waals surface area contributed by atoms with E-state index in [4.69, 9.17) is 0 Å². The molecule has 0 radical (unpaired) electrons. The van der Waals surface area contributed by atoms with Gasteiger partial charge in [0.1, 0.15) is 12.4 Å². The van der Waals surface area contributed by atoms with Crippen LogP contribution in [-0.4, -0.2) is 4.57 Å². The Morgan fingerprint density at radius 3 is 1.37 bits per heavy atom. The Bertz CT molecular complexity index is 547. The van der Waals surface area contributed by atoms with Gasteiger partial charge in [0.25, 0.3) is 5.82 Å². The highest BCUT2D eigenvalue weighted by Crippen LogP contribution is 2.14. The summed E-state index contributed by atoms with van der Waals surface area (Å²) in [5.41, 5.74) is 0. The van der Waals surface area contributed by atoms with Gasteiger partial charge in [0.05, 0.1) is 13.1 Å². The predicted octanol–water partition coefficient (Wildman–Crippen LogP) is 10.7. The lowest BCUT2D eigenvalue weighted by atomic mass is 10.0. The standard InChI is InChI=1S/C33H65N2/c1-4-7-10-12-14-15-16-17-18-19-20-21-22-23-25-28-33-34(29-26-9-6-3)31-32-35(33)30-27-24-13-11-8-5-2/h31-32H,4-30H2,1-3H3/q+1. The number of hydrogen-bond acceptors (Lipinski definition) is 0. The first-order valence-corrected chi connectivity index (χ1v) is 16.4. The average molecular weight is 490 g/mol. The normalized spacial score (nSPS) is 11.5. The van der Waals surface area contributed by atoms with E-state index in [1.54, 1.807) is 5.82 Å². The van der Waals surface area contributed by atoms with Crippen LogP contribution in [0, 0.1) is 0 Å². The van der Waals surface area contributed by atoms with Gasteiger partial charge in [0, 0.05) is 6.42 Å². The molecule has 0 spiro atoms. The SMILES string of the molecule is CCCCCCCCCCCCCCCCCc1n(CCCCCCCC)cc[n+]1CCCCC. The third-order valence-electron chi connectivity index (χ3n) is 7.85. The maximum absolute atomic E-state index is 2.59. The molecule has 0 unspecified atom stereocenters. The largest absolute Gasteiger partial charge is 0.256 e. The van der Waals surface area contributed by atoms with Gasteiger partial charge in [-0.15, -0.1) is 0 Å². The zero-order valence-electron chi connectivity index (χ0n) is 24.6. The molecule has 0 aliphatic heterocycles. The third-order valence-corrected chi connectivity index (χ3v) is 7.85. The van der Waals surface area contributed by atoms with E-state index in [0.29, 0.717) is 0 Å². The lowest BCUT2D eigenvalue weighted by Gasteiger charge is -2.07. The summed E-state index contributed by atoms with van der Waals surface area (Å²) >= 11 is 0. The molecule has 1 rings (SSSR count). The zero-order chi connectivity index (χ0) is 25.2. The zero-order valence-corrected chi connectivity index (χ0v) is 24.6. The van der Waals surface area contributed by atoms with Crippen LogP contribution in [0.25, 0.3) is 0 Å². The minimum absolute atomic E-state index is 1.21. The van der Waals surface area contributed by atoms with Crippen LogP contribution in [0.15, 0.2) is 12.4 Å². The van der Waals surface area contributed by atoms with E-state index in [1.807, 2.05) is 0 Å². The molecule has 1 aromatic heterocycles. The van der Waals surface area contributed by atoms with Crippen molar-refractivity contribution < 1.29 is 4.57 Å². The summed E-state index contributed by atoms with van der Waals surface area (Å²) in [6.45, 7) is 9.36. The van der Waals surface area contributed by atoms with Crippen molar-refractivity contribution in [3.63, 3.8) is 0 Å². The summed E-state index contributed by atoms with van der Waals surface area (Å²) in [7, 11) is 0. The molecule has 206 valence electrons. The van der Waals surface area contributed by atoms with Gasteiger partial charge < -0.3 is 0 Å². The van der Waals surface area contributed by atoms with E-state index in [0.717, 1.165) is 0 Å². The van der Waals surface area contributed by atoms with Gasteiger partial charge >= 0.3 is 0 Å². The minimum atomic E-state index is 1.21. The quantitative estimate of drug-likeness (QED) is 0.0858. The van der Waals surface area contributed by atoms with Crippen LogP contribution in [0.4, 0.5) is 0 Å². The highest BCUT2D eigenvalue weighted by molar-refractivity contribution is 4.84. The second kappa shape index (κ2) is 24.9. The van der Waals surface area contributed by atoms with Crippen molar-refractivity contribution >= 4 is 0 Å². The van der Waals surface area contributed by atoms with Crippen molar-refractivity contribution in [2.75, 3.05) is 0 Å². The molecule has 1 heterocycles. The van der Waals surface area contributed by atoms with Crippen molar-refractivity contribution in [3.05, 3.63) is 18.2 Å². The Kier molecular flexibility index (Phi) is 22.9. The first kappa shape index (κ1) is 32.2. The van der Waals surface area contributed by atoms with Crippen LogP contribution in [0.2, 0.25) is 0 Å². The second-order valence-corrected chi connectivity index (χ2v) is 11.3. The number of rotatable bonds is 27. The van der Waals surface area contributed by atoms with Crippen LogP contribution in [0.3, 0.4) is 0 Å². The molecule has 1 aromatic rings. The molecule has 0 bridgehead atoms. The topological polar surface area (TPSA) is 8.81 Å². The van der Waals surface area contributed by atoms with Gasteiger partial charge in [-0.2, -0.15) is 0 Å². The van der Waals surface area contributed by atoms with Crippen molar-refractivity contribution in [1.82, 2.24) is 4.57 Å². The molecule has 0 fully saturated rings. The van der Waals surface area contributed by atoms with Gasteiger partial charge in [0.2, 0.25) is 0 Å². The van der Waals surface area contributed by atoms with Crippen molar-refractivity contribution in [2.45, 2.75) is 194 Å². The molecular weight excluding hydrogens is 424 g/mol. The molecule has 35 heavy (non-hydrogen) atoms. The first-order chi connectivity index (χ1) is 17.3. The van der Waals surface area contributed by atoms with E-state index < -0.39 is 0 Å². The fourth-order valence-corrected chi connectivity index (χ4v) is 5.44. The van der Waals surface area contributed by atoms with Gasteiger partial charge in [-0.25, -0.2) is 9.13 Å². The highest BCUT2D eigenvalue weighted by atomic mass is 15.1. The Labute approximate surface area is 221 Å². The van der Waals surface area contributed by atoms with E-state index in [-0.39, 0.29) is 0 Å². The summed E-state index contributed by atoms with van der Waals surface area (Å²) in [5, 5.41) is 0. The number of imidazole rings is 1. The molecule has 0 amide bonds. The predicted molar refractivity (Wildman–Crippen MR) is 156 cm³/mol. The lowest BCUT2D eigenvalue weighted by Crippen LogP contribution is -2.37. The molecular formula is C33H65N2+. The summed E-state index contributed by atoms with van der Waals surface area (Å²) in [6.07, 6.45) is 40.0. The number of aromatic nitrogens is 2. The van der Waals surface area contributed by atoms with Crippen LogP contribution in [-0.2, 0) is 19.5 Å². The molecule has 2 heteroatoms. The molecule has 0 N–H and O–H groups in total. The van der Waals surface area contributed by atoms with Gasteiger partial charge in [0.15, 0.2) is 0 Å². The fourth-order valence-electron chi connectivity index (χ4n) is 5.44. The number of aryl methyl sites for hydroxylation is 2. The van der Waals surface area contributed by atoms with Crippen LogP contribution >= 0.6 is 0 Å². The Balaban J connectivity index is 2.15. The maximum atomic E-state index is 2.59. The molecule has 2 nitrogen and oxygen atoms in total. The van der Waals surface area contributed by atoms with Crippen LogP contribution in [0.5, 0.6) is 0 Å². The maximum Gasteiger partial charge on any atom is 0.256 e. The number of hydrogen-bond donors (Lipinski definition) is 0. The summed E-state index contributed by atoms with van der Waals surface area (Å²) < 4.78 is 5.17. The van der Waals surface area contributed by atoms with E-state index in [1.165, 1.54) is 174 Å². The Hall–Kier alpha value is -0.790.